The van der Waals surface area contributed by atoms with Crippen molar-refractivity contribution >= 4 is 33.5 Å². The van der Waals surface area contributed by atoms with Gasteiger partial charge in [-0.25, -0.2) is 4.79 Å². The minimum Gasteiger partial charge on any atom is -0.478 e. The zero-order chi connectivity index (χ0) is 28.6. The lowest BCUT2D eigenvalue weighted by Crippen LogP contribution is -2.07. The van der Waals surface area contributed by atoms with E-state index in [1.54, 1.807) is 24.4 Å². The number of aromatic amines is 1. The highest BCUT2D eigenvalue weighted by atomic mass is 19.4. The second-order valence-corrected chi connectivity index (χ2v) is 9.81. The highest BCUT2D eigenvalue weighted by Gasteiger charge is 2.33. The number of hydrogen-bond donors (Lipinski definition) is 3. The fraction of sp³-hybridized carbons (Fsp3) is 0.0909. The van der Waals surface area contributed by atoms with Crippen molar-refractivity contribution in [3.63, 3.8) is 0 Å². The number of aromatic nitrogens is 2. The van der Waals surface area contributed by atoms with E-state index < -0.39 is 17.7 Å². The van der Waals surface area contributed by atoms with E-state index in [0.29, 0.717) is 34.8 Å². The summed E-state index contributed by atoms with van der Waals surface area (Å²) < 4.78 is 41.7. The number of rotatable bonds is 7. The number of H-pyrrole nitrogens is 1. The number of hydrogen-bond acceptors (Lipinski definition) is 3. The highest BCUT2D eigenvalue weighted by Crippen LogP contribution is 2.39. The van der Waals surface area contributed by atoms with Gasteiger partial charge in [0, 0.05) is 29.7 Å². The first-order valence-electron chi connectivity index (χ1n) is 13.0. The maximum atomic E-state index is 13.9. The quantitative estimate of drug-likeness (QED) is 0.187. The van der Waals surface area contributed by atoms with E-state index in [2.05, 4.69) is 15.3 Å². The molecule has 0 saturated heterocycles. The zero-order valence-corrected chi connectivity index (χ0v) is 21.7. The van der Waals surface area contributed by atoms with Crippen LogP contribution in [0, 0.1) is 0 Å². The molecule has 5 nitrogen and oxygen atoms in total. The molecule has 2 aromatic heterocycles. The molecule has 0 saturated carbocycles. The molecular formula is C33H24F3N3O2. The highest BCUT2D eigenvalue weighted by molar-refractivity contribution is 6.06. The van der Waals surface area contributed by atoms with Crippen LogP contribution in [0.15, 0.2) is 103 Å². The molecule has 0 fully saturated rings. The Morgan fingerprint density at radius 1 is 0.878 bits per heavy atom. The molecule has 0 aliphatic rings. The van der Waals surface area contributed by atoms with Crippen molar-refractivity contribution in [3.8, 4) is 11.1 Å². The lowest BCUT2D eigenvalue weighted by atomic mass is 9.91. The van der Waals surface area contributed by atoms with Crippen LogP contribution in [0.4, 0.5) is 18.9 Å². The molecule has 8 heteroatoms. The predicted octanol–water partition coefficient (Wildman–Crippen LogP) is 8.30. The van der Waals surface area contributed by atoms with Crippen molar-refractivity contribution in [1.82, 2.24) is 9.97 Å². The van der Waals surface area contributed by atoms with Gasteiger partial charge in [0.05, 0.1) is 27.8 Å². The molecule has 0 amide bonds. The number of alkyl halides is 3. The van der Waals surface area contributed by atoms with Gasteiger partial charge in [-0.1, -0.05) is 72.8 Å². The first-order chi connectivity index (χ1) is 19.8. The molecule has 0 atom stereocenters. The molecule has 0 bridgehead atoms. The number of para-hydroxylation sites is 2. The van der Waals surface area contributed by atoms with E-state index in [9.17, 15) is 23.1 Å². The van der Waals surface area contributed by atoms with Crippen molar-refractivity contribution in [1.29, 1.82) is 0 Å². The number of nitrogens with zero attached hydrogens (tertiary/aromatic N) is 1. The Morgan fingerprint density at radius 2 is 1.61 bits per heavy atom. The number of carboxylic acid groups (broad SMARTS) is 1. The molecule has 0 spiro atoms. The van der Waals surface area contributed by atoms with E-state index in [1.807, 2.05) is 60.7 Å². The van der Waals surface area contributed by atoms with Crippen LogP contribution in [-0.4, -0.2) is 21.0 Å². The molecular weight excluding hydrogens is 527 g/mol. The lowest BCUT2D eigenvalue weighted by Gasteiger charge is -2.17. The van der Waals surface area contributed by atoms with Gasteiger partial charge < -0.3 is 15.4 Å². The molecule has 0 aliphatic heterocycles. The molecule has 0 aliphatic carbocycles. The summed E-state index contributed by atoms with van der Waals surface area (Å²) >= 11 is 0. The number of pyridine rings is 1. The lowest BCUT2D eigenvalue weighted by molar-refractivity contribution is -0.136. The third kappa shape index (κ3) is 5.12. The van der Waals surface area contributed by atoms with Gasteiger partial charge in [0.1, 0.15) is 0 Å². The fourth-order valence-corrected chi connectivity index (χ4v) is 5.30. The molecule has 204 valence electrons. The summed E-state index contributed by atoms with van der Waals surface area (Å²) in [6.45, 7) is 0.416. The summed E-state index contributed by atoms with van der Waals surface area (Å²) in [7, 11) is 0. The standard InChI is InChI=1S/C33H24F3N3O2/c34-33(35,36)27-13-5-12-25-29(23(18-38-30(25)27)15-20-7-2-1-3-8-20)22-10-4-9-21(16-22)17-37-28-14-6-11-24-26(32(40)41)19-39-31(24)28/h1-14,16,18-19,37,39H,15,17H2,(H,40,41). The van der Waals surface area contributed by atoms with Crippen LogP contribution in [0.25, 0.3) is 32.9 Å². The first kappa shape index (κ1) is 26.1. The van der Waals surface area contributed by atoms with E-state index >= 15 is 0 Å². The Labute approximate surface area is 233 Å². The molecule has 41 heavy (non-hydrogen) atoms. The van der Waals surface area contributed by atoms with Crippen molar-refractivity contribution in [2.75, 3.05) is 5.32 Å². The van der Waals surface area contributed by atoms with Gasteiger partial charge in [0.2, 0.25) is 0 Å². The minimum absolute atomic E-state index is 0.0806. The zero-order valence-electron chi connectivity index (χ0n) is 21.7. The fourth-order valence-electron chi connectivity index (χ4n) is 5.30. The topological polar surface area (TPSA) is 78.0 Å². The summed E-state index contributed by atoms with van der Waals surface area (Å²) in [5.74, 6) is -1.01. The van der Waals surface area contributed by atoms with Gasteiger partial charge in [-0.3, -0.25) is 4.98 Å². The molecule has 0 unspecified atom stereocenters. The van der Waals surface area contributed by atoms with Gasteiger partial charge in [-0.15, -0.1) is 0 Å². The second kappa shape index (κ2) is 10.5. The van der Waals surface area contributed by atoms with Crippen molar-refractivity contribution in [3.05, 3.63) is 131 Å². The van der Waals surface area contributed by atoms with Crippen LogP contribution >= 0.6 is 0 Å². The Bertz CT molecular complexity index is 1900. The molecule has 0 radical (unpaired) electrons. The third-order valence-electron chi connectivity index (χ3n) is 7.16. The van der Waals surface area contributed by atoms with Gasteiger partial charge in [-0.2, -0.15) is 13.2 Å². The number of fused-ring (bicyclic) bond motifs is 2. The average Bonchev–Trinajstić information content (AvgIpc) is 3.41. The third-order valence-corrected chi connectivity index (χ3v) is 7.16. The van der Waals surface area contributed by atoms with Gasteiger partial charge >= 0.3 is 12.1 Å². The minimum atomic E-state index is -4.53. The van der Waals surface area contributed by atoms with E-state index in [-0.39, 0.29) is 11.1 Å². The molecule has 4 aromatic carbocycles. The van der Waals surface area contributed by atoms with Gasteiger partial charge in [-0.05, 0) is 52.4 Å². The number of halogens is 3. The van der Waals surface area contributed by atoms with Crippen molar-refractivity contribution < 1.29 is 23.1 Å². The maximum absolute atomic E-state index is 13.9. The summed E-state index contributed by atoms with van der Waals surface area (Å²) in [6.07, 6.45) is -0.998. The molecule has 2 heterocycles. The summed E-state index contributed by atoms with van der Waals surface area (Å²) in [5.41, 5.74) is 5.04. The Morgan fingerprint density at radius 3 is 2.39 bits per heavy atom. The van der Waals surface area contributed by atoms with E-state index in [1.165, 1.54) is 12.3 Å². The number of nitrogens with one attached hydrogen (secondary N) is 2. The number of aromatic carboxylic acids is 1. The number of anilines is 1. The Kier molecular flexibility index (Phi) is 6.67. The average molecular weight is 552 g/mol. The summed E-state index contributed by atoms with van der Waals surface area (Å²) in [5, 5.41) is 13.9. The van der Waals surface area contributed by atoms with Crippen LogP contribution in [0.3, 0.4) is 0 Å². The smallest absolute Gasteiger partial charge is 0.418 e. The van der Waals surface area contributed by atoms with Crippen LogP contribution in [-0.2, 0) is 19.1 Å². The molecule has 6 rings (SSSR count). The predicted molar refractivity (Wildman–Crippen MR) is 154 cm³/mol. The van der Waals surface area contributed by atoms with E-state index in [4.69, 9.17) is 0 Å². The van der Waals surface area contributed by atoms with Gasteiger partial charge in [0.25, 0.3) is 0 Å². The van der Waals surface area contributed by atoms with Crippen LogP contribution < -0.4 is 5.32 Å². The van der Waals surface area contributed by atoms with Crippen LogP contribution in [0.1, 0.15) is 32.6 Å². The van der Waals surface area contributed by atoms with Crippen LogP contribution in [0.2, 0.25) is 0 Å². The van der Waals surface area contributed by atoms with Crippen LogP contribution in [0.5, 0.6) is 0 Å². The Balaban J connectivity index is 1.41. The van der Waals surface area contributed by atoms with Crippen molar-refractivity contribution in [2.45, 2.75) is 19.1 Å². The largest absolute Gasteiger partial charge is 0.478 e. The normalized spacial score (nSPS) is 11.7. The first-order valence-corrected chi connectivity index (χ1v) is 13.0. The van der Waals surface area contributed by atoms with E-state index in [0.717, 1.165) is 34.0 Å². The summed E-state index contributed by atoms with van der Waals surface area (Å²) in [6, 6.07) is 27.0. The maximum Gasteiger partial charge on any atom is 0.418 e. The SMILES string of the molecule is O=C(O)c1c[nH]c2c(NCc3cccc(-c4c(Cc5ccccc5)cnc5c(C(F)(F)F)cccc45)c3)cccc12. The number of carboxylic acids is 1. The van der Waals surface area contributed by atoms with Crippen molar-refractivity contribution in [2.24, 2.45) is 0 Å². The monoisotopic (exact) mass is 551 g/mol. The summed E-state index contributed by atoms with van der Waals surface area (Å²) in [4.78, 5) is 18.9. The Hall–Kier alpha value is -5.11. The number of benzene rings is 4. The van der Waals surface area contributed by atoms with Gasteiger partial charge in [0.15, 0.2) is 0 Å². The molecule has 6 aromatic rings. The second-order valence-electron chi connectivity index (χ2n) is 9.81. The molecule has 3 N–H and O–H groups in total. The number of carbonyl (C=O) groups is 1.